The van der Waals surface area contributed by atoms with Crippen LogP contribution in [0.3, 0.4) is 0 Å². The molecular formula is C14H14FN3. The van der Waals surface area contributed by atoms with Gasteiger partial charge in [-0.3, -0.25) is 9.97 Å². The molecule has 3 nitrogen and oxygen atoms in total. The fourth-order valence-corrected chi connectivity index (χ4v) is 2.67. The van der Waals surface area contributed by atoms with Gasteiger partial charge in [-0.2, -0.15) is 0 Å². The number of fused-ring (bicyclic) bond motifs is 1. The highest BCUT2D eigenvalue weighted by atomic mass is 19.1. The summed E-state index contributed by atoms with van der Waals surface area (Å²) in [4.78, 5) is 8.15. The second-order valence-corrected chi connectivity index (χ2v) is 4.62. The first-order chi connectivity index (χ1) is 8.77. The molecule has 2 aromatic rings. The molecule has 0 amide bonds. The Bertz CT molecular complexity index is 570. The van der Waals surface area contributed by atoms with E-state index >= 15 is 0 Å². The molecule has 2 heterocycles. The van der Waals surface area contributed by atoms with E-state index in [0.29, 0.717) is 5.56 Å². The second kappa shape index (κ2) is 4.46. The zero-order valence-corrected chi connectivity index (χ0v) is 9.88. The van der Waals surface area contributed by atoms with Crippen LogP contribution < -0.4 is 5.73 Å². The van der Waals surface area contributed by atoms with Gasteiger partial charge in [-0.05, 0) is 30.5 Å². The molecule has 2 unspecified atom stereocenters. The van der Waals surface area contributed by atoms with Crippen molar-refractivity contribution >= 4 is 0 Å². The Morgan fingerprint density at radius 2 is 2.22 bits per heavy atom. The first kappa shape index (κ1) is 11.3. The van der Waals surface area contributed by atoms with E-state index in [0.717, 1.165) is 18.5 Å². The van der Waals surface area contributed by atoms with Crippen molar-refractivity contribution in [3.8, 4) is 0 Å². The summed E-state index contributed by atoms with van der Waals surface area (Å²) < 4.78 is 13.7. The largest absolute Gasteiger partial charge is 0.323 e. The molecule has 0 radical (unpaired) electrons. The van der Waals surface area contributed by atoms with Crippen molar-refractivity contribution in [3.05, 3.63) is 59.4 Å². The fourth-order valence-electron chi connectivity index (χ4n) is 2.67. The Hall–Kier alpha value is -1.81. The maximum atomic E-state index is 13.7. The lowest BCUT2D eigenvalue weighted by Gasteiger charge is -2.20. The second-order valence-electron chi connectivity index (χ2n) is 4.62. The molecule has 0 aliphatic heterocycles. The Kier molecular flexibility index (Phi) is 2.80. The standard InChI is InChI=1S/C14H14FN3/c15-12-8-17-7-5-10(12)13(16)11-4-3-9-2-1-6-18-14(9)11/h1-2,5-8,11,13H,3-4,16H2. The number of nitrogens with zero attached hydrogens (tertiary/aromatic N) is 2. The van der Waals surface area contributed by atoms with E-state index in [9.17, 15) is 4.39 Å². The molecule has 0 aromatic carbocycles. The smallest absolute Gasteiger partial charge is 0.146 e. The topological polar surface area (TPSA) is 51.8 Å². The summed E-state index contributed by atoms with van der Waals surface area (Å²) in [5, 5.41) is 0. The number of aryl methyl sites for hydroxylation is 1. The molecule has 2 atom stereocenters. The van der Waals surface area contributed by atoms with Gasteiger partial charge in [0.1, 0.15) is 5.82 Å². The molecule has 0 bridgehead atoms. The van der Waals surface area contributed by atoms with Crippen LogP contribution in [0.5, 0.6) is 0 Å². The Morgan fingerprint density at radius 1 is 1.33 bits per heavy atom. The van der Waals surface area contributed by atoms with Crippen molar-refractivity contribution in [2.24, 2.45) is 5.73 Å². The molecule has 0 spiro atoms. The summed E-state index contributed by atoms with van der Waals surface area (Å²) in [7, 11) is 0. The van der Waals surface area contributed by atoms with Crippen molar-refractivity contribution in [3.63, 3.8) is 0 Å². The number of aromatic nitrogens is 2. The highest BCUT2D eigenvalue weighted by Crippen LogP contribution is 2.39. The van der Waals surface area contributed by atoms with Gasteiger partial charge in [0.15, 0.2) is 0 Å². The highest BCUT2D eigenvalue weighted by molar-refractivity contribution is 5.33. The number of halogens is 1. The molecule has 3 rings (SSSR count). The monoisotopic (exact) mass is 243 g/mol. The molecule has 0 saturated carbocycles. The molecule has 2 N–H and O–H groups in total. The first-order valence-corrected chi connectivity index (χ1v) is 6.06. The third kappa shape index (κ3) is 1.78. The van der Waals surface area contributed by atoms with Gasteiger partial charge in [0.05, 0.1) is 6.20 Å². The van der Waals surface area contributed by atoms with Crippen LogP contribution in [0.2, 0.25) is 0 Å². The van der Waals surface area contributed by atoms with Gasteiger partial charge in [-0.15, -0.1) is 0 Å². The Morgan fingerprint density at radius 3 is 3.06 bits per heavy atom. The van der Waals surface area contributed by atoms with Gasteiger partial charge in [0.25, 0.3) is 0 Å². The zero-order valence-electron chi connectivity index (χ0n) is 9.88. The number of hydrogen-bond acceptors (Lipinski definition) is 3. The highest BCUT2D eigenvalue weighted by Gasteiger charge is 2.30. The van der Waals surface area contributed by atoms with E-state index in [1.807, 2.05) is 6.07 Å². The predicted octanol–water partition coefficient (Wildman–Crippen LogP) is 2.35. The van der Waals surface area contributed by atoms with E-state index in [4.69, 9.17) is 5.73 Å². The van der Waals surface area contributed by atoms with E-state index in [2.05, 4.69) is 16.0 Å². The van der Waals surface area contributed by atoms with Gasteiger partial charge in [-0.1, -0.05) is 6.07 Å². The van der Waals surface area contributed by atoms with E-state index < -0.39 is 0 Å². The molecule has 0 saturated heterocycles. The predicted molar refractivity (Wildman–Crippen MR) is 66.4 cm³/mol. The maximum Gasteiger partial charge on any atom is 0.146 e. The quantitative estimate of drug-likeness (QED) is 0.880. The summed E-state index contributed by atoms with van der Waals surface area (Å²) in [5.41, 5.74) is 8.97. The number of hydrogen-bond donors (Lipinski definition) is 1. The zero-order chi connectivity index (χ0) is 12.5. The van der Waals surface area contributed by atoms with Crippen molar-refractivity contribution in [1.29, 1.82) is 0 Å². The van der Waals surface area contributed by atoms with Gasteiger partial charge in [0.2, 0.25) is 0 Å². The van der Waals surface area contributed by atoms with Gasteiger partial charge in [0, 0.05) is 35.6 Å². The average Bonchev–Trinajstić information content (AvgIpc) is 2.82. The molecule has 1 aliphatic carbocycles. The van der Waals surface area contributed by atoms with E-state index in [-0.39, 0.29) is 17.8 Å². The van der Waals surface area contributed by atoms with Crippen molar-refractivity contribution in [2.75, 3.05) is 0 Å². The summed E-state index contributed by atoms with van der Waals surface area (Å²) in [6.45, 7) is 0. The minimum Gasteiger partial charge on any atom is -0.323 e. The van der Waals surface area contributed by atoms with Gasteiger partial charge < -0.3 is 5.73 Å². The molecular weight excluding hydrogens is 229 g/mol. The molecule has 92 valence electrons. The van der Waals surface area contributed by atoms with Crippen LogP contribution in [0.4, 0.5) is 4.39 Å². The number of nitrogens with two attached hydrogens (primary N) is 1. The maximum absolute atomic E-state index is 13.7. The average molecular weight is 243 g/mol. The summed E-state index contributed by atoms with van der Waals surface area (Å²) in [5.74, 6) is -0.243. The van der Waals surface area contributed by atoms with Crippen molar-refractivity contribution in [1.82, 2.24) is 9.97 Å². The normalized spacial score (nSPS) is 19.6. The third-order valence-corrected chi connectivity index (χ3v) is 3.60. The minimum atomic E-state index is -0.357. The van der Waals surface area contributed by atoms with Crippen LogP contribution in [0.1, 0.15) is 35.2 Å². The summed E-state index contributed by atoms with van der Waals surface area (Å²) in [6, 6.07) is 5.29. The minimum absolute atomic E-state index is 0.0955. The Labute approximate surface area is 105 Å². The van der Waals surface area contributed by atoms with Crippen molar-refractivity contribution in [2.45, 2.75) is 24.8 Å². The molecule has 2 aromatic heterocycles. The molecule has 0 fully saturated rings. The van der Waals surface area contributed by atoms with E-state index in [1.165, 1.54) is 11.8 Å². The third-order valence-electron chi connectivity index (χ3n) is 3.60. The van der Waals surface area contributed by atoms with Crippen LogP contribution in [0.15, 0.2) is 36.8 Å². The lowest BCUT2D eigenvalue weighted by Crippen LogP contribution is -2.20. The van der Waals surface area contributed by atoms with E-state index in [1.54, 1.807) is 18.5 Å². The van der Waals surface area contributed by atoms with Gasteiger partial charge in [-0.25, -0.2) is 4.39 Å². The first-order valence-electron chi connectivity index (χ1n) is 6.06. The van der Waals surface area contributed by atoms with Crippen molar-refractivity contribution < 1.29 is 4.39 Å². The van der Waals surface area contributed by atoms with Gasteiger partial charge >= 0.3 is 0 Å². The van der Waals surface area contributed by atoms with Crippen LogP contribution in [-0.4, -0.2) is 9.97 Å². The molecule has 4 heteroatoms. The summed E-state index contributed by atoms with van der Waals surface area (Å²) >= 11 is 0. The summed E-state index contributed by atoms with van der Waals surface area (Å²) in [6.07, 6.45) is 6.45. The molecule has 18 heavy (non-hydrogen) atoms. The fraction of sp³-hybridized carbons (Fsp3) is 0.286. The lowest BCUT2D eigenvalue weighted by atomic mass is 9.92. The van der Waals surface area contributed by atoms with Crippen LogP contribution >= 0.6 is 0 Å². The Balaban J connectivity index is 1.96. The van der Waals surface area contributed by atoms with Crippen LogP contribution in [-0.2, 0) is 6.42 Å². The molecule has 1 aliphatic rings. The number of pyridine rings is 2. The SMILES string of the molecule is NC(c1ccncc1F)C1CCc2cccnc21. The van der Waals surface area contributed by atoms with Crippen LogP contribution in [0.25, 0.3) is 0 Å². The van der Waals surface area contributed by atoms with Crippen LogP contribution in [0, 0.1) is 5.82 Å². The lowest BCUT2D eigenvalue weighted by molar-refractivity contribution is 0.505. The number of rotatable bonds is 2.